The molecule has 3 nitrogen and oxygen atoms in total. The first kappa shape index (κ1) is 10.2. The van der Waals surface area contributed by atoms with Crippen LogP contribution in [0.4, 0.5) is 5.82 Å². The van der Waals surface area contributed by atoms with E-state index in [-0.39, 0.29) is 0 Å². The van der Waals surface area contributed by atoms with E-state index < -0.39 is 0 Å². The van der Waals surface area contributed by atoms with E-state index >= 15 is 0 Å². The Morgan fingerprint density at radius 2 is 2.00 bits per heavy atom. The molecule has 0 amide bonds. The Labute approximate surface area is 97.1 Å². The van der Waals surface area contributed by atoms with Gasteiger partial charge in [-0.3, -0.25) is 0 Å². The molecule has 0 bridgehead atoms. The van der Waals surface area contributed by atoms with E-state index in [9.17, 15) is 0 Å². The van der Waals surface area contributed by atoms with E-state index in [4.69, 9.17) is 5.73 Å². The Morgan fingerprint density at radius 1 is 1.33 bits per heavy atom. The van der Waals surface area contributed by atoms with Gasteiger partial charge in [-0.25, -0.2) is 4.98 Å². The molecule has 2 N–H and O–H groups in total. The molecule has 0 saturated heterocycles. The average molecular weight is 266 g/mol. The summed E-state index contributed by atoms with van der Waals surface area (Å²) in [6, 6.07) is 10.2. The molecule has 15 heavy (non-hydrogen) atoms. The summed E-state index contributed by atoms with van der Waals surface area (Å²) in [4.78, 5) is 4.26. The Hall–Kier alpha value is -1.29. The third-order valence-corrected chi connectivity index (χ3v) is 2.93. The van der Waals surface area contributed by atoms with Crippen molar-refractivity contribution in [3.05, 3.63) is 46.3 Å². The number of imidazole rings is 1. The summed E-state index contributed by atoms with van der Waals surface area (Å²) in [6.45, 7) is 2.65. The molecule has 0 aliphatic carbocycles. The van der Waals surface area contributed by atoms with Gasteiger partial charge in [-0.05, 0) is 28.4 Å². The number of rotatable bonds is 2. The largest absolute Gasteiger partial charge is 0.384 e. The van der Waals surface area contributed by atoms with E-state index in [1.807, 2.05) is 29.7 Å². The highest BCUT2D eigenvalue weighted by Gasteiger charge is 2.09. The lowest BCUT2D eigenvalue weighted by Gasteiger charge is -2.06. The van der Waals surface area contributed by atoms with Gasteiger partial charge in [0.25, 0.3) is 0 Å². The molecule has 0 radical (unpaired) electrons. The van der Waals surface area contributed by atoms with Crippen LogP contribution in [0.1, 0.15) is 11.3 Å². The first-order chi connectivity index (χ1) is 7.18. The normalized spacial score (nSPS) is 10.5. The van der Waals surface area contributed by atoms with E-state index in [0.29, 0.717) is 5.82 Å². The molecule has 1 aromatic carbocycles. The minimum absolute atomic E-state index is 0.714. The molecule has 4 heteroatoms. The number of nitrogens with zero attached hydrogens (tertiary/aromatic N) is 2. The lowest BCUT2D eigenvalue weighted by molar-refractivity contribution is 0.785. The zero-order valence-corrected chi connectivity index (χ0v) is 10.0. The number of nitrogen functional groups attached to an aromatic ring is 1. The first-order valence-electron chi connectivity index (χ1n) is 4.70. The third-order valence-electron chi connectivity index (χ3n) is 2.33. The van der Waals surface area contributed by atoms with Crippen LogP contribution in [-0.2, 0) is 6.54 Å². The highest BCUT2D eigenvalue weighted by Crippen LogP contribution is 2.19. The predicted molar refractivity (Wildman–Crippen MR) is 64.6 cm³/mol. The topological polar surface area (TPSA) is 43.8 Å². The third kappa shape index (κ3) is 2.04. The van der Waals surface area contributed by atoms with Crippen LogP contribution in [0.3, 0.4) is 0 Å². The van der Waals surface area contributed by atoms with Gasteiger partial charge in [0.1, 0.15) is 5.82 Å². The summed E-state index contributed by atoms with van der Waals surface area (Å²) in [5, 5.41) is 0. The van der Waals surface area contributed by atoms with Gasteiger partial charge in [-0.2, -0.15) is 0 Å². The predicted octanol–water partition coefficient (Wildman–Crippen LogP) is 2.58. The maximum Gasteiger partial charge on any atom is 0.179 e. The molecule has 2 rings (SSSR count). The van der Waals surface area contributed by atoms with Gasteiger partial charge in [0.05, 0.1) is 12.2 Å². The van der Waals surface area contributed by atoms with Crippen molar-refractivity contribution in [1.82, 2.24) is 9.55 Å². The second-order valence-electron chi connectivity index (χ2n) is 3.42. The fraction of sp³-hybridized carbons (Fsp3) is 0.182. The van der Waals surface area contributed by atoms with Crippen LogP contribution in [0, 0.1) is 6.92 Å². The Bertz CT molecular complexity index is 462. The molecule has 0 fully saturated rings. The quantitative estimate of drug-likeness (QED) is 0.907. The van der Waals surface area contributed by atoms with Crippen molar-refractivity contribution in [3.8, 4) is 0 Å². The molecule has 0 aliphatic rings. The molecule has 0 atom stereocenters. The van der Waals surface area contributed by atoms with E-state index in [2.05, 4.69) is 33.0 Å². The molecular weight excluding hydrogens is 254 g/mol. The number of hydrogen-bond acceptors (Lipinski definition) is 2. The number of aromatic nitrogens is 2. The Balaban J connectivity index is 2.32. The highest BCUT2D eigenvalue weighted by molar-refractivity contribution is 9.10. The maximum atomic E-state index is 5.92. The van der Waals surface area contributed by atoms with Crippen molar-refractivity contribution in [2.75, 3.05) is 5.73 Å². The van der Waals surface area contributed by atoms with Crippen molar-refractivity contribution in [2.45, 2.75) is 13.5 Å². The second-order valence-corrected chi connectivity index (χ2v) is 4.13. The SMILES string of the molecule is Cc1nc(Br)n(Cc2ccccc2)c1N. The summed E-state index contributed by atoms with van der Waals surface area (Å²) in [5.74, 6) is 0.714. The molecule has 2 aromatic rings. The smallest absolute Gasteiger partial charge is 0.179 e. The number of benzene rings is 1. The molecule has 1 heterocycles. The monoisotopic (exact) mass is 265 g/mol. The summed E-state index contributed by atoms with van der Waals surface area (Å²) in [7, 11) is 0. The van der Waals surface area contributed by atoms with Crippen LogP contribution >= 0.6 is 15.9 Å². The van der Waals surface area contributed by atoms with Gasteiger partial charge in [0.15, 0.2) is 4.73 Å². The van der Waals surface area contributed by atoms with Crippen LogP contribution in [0.5, 0.6) is 0 Å². The van der Waals surface area contributed by atoms with Crippen molar-refractivity contribution < 1.29 is 0 Å². The van der Waals surface area contributed by atoms with E-state index in [1.165, 1.54) is 5.56 Å². The zero-order valence-electron chi connectivity index (χ0n) is 8.44. The number of nitrogens with two attached hydrogens (primary N) is 1. The fourth-order valence-electron chi connectivity index (χ4n) is 1.47. The first-order valence-corrected chi connectivity index (χ1v) is 5.50. The fourth-order valence-corrected chi connectivity index (χ4v) is 2.05. The minimum Gasteiger partial charge on any atom is -0.384 e. The maximum absolute atomic E-state index is 5.92. The second kappa shape index (κ2) is 4.06. The standard InChI is InChI=1S/C11H12BrN3/c1-8-10(13)15(11(12)14-8)7-9-5-3-2-4-6-9/h2-6H,7,13H2,1H3. The van der Waals surface area contributed by atoms with E-state index in [1.54, 1.807) is 0 Å². The van der Waals surface area contributed by atoms with Gasteiger partial charge in [0.2, 0.25) is 0 Å². The summed E-state index contributed by atoms with van der Waals surface area (Å²) in [5.41, 5.74) is 7.99. The van der Waals surface area contributed by atoms with Crippen LogP contribution in [-0.4, -0.2) is 9.55 Å². The summed E-state index contributed by atoms with van der Waals surface area (Å²) < 4.78 is 2.73. The lowest BCUT2D eigenvalue weighted by atomic mass is 10.2. The van der Waals surface area contributed by atoms with Gasteiger partial charge < -0.3 is 10.3 Å². The minimum atomic E-state index is 0.714. The Morgan fingerprint density at radius 3 is 2.53 bits per heavy atom. The number of hydrogen-bond donors (Lipinski definition) is 1. The van der Waals surface area contributed by atoms with Crippen LogP contribution in [0.15, 0.2) is 35.1 Å². The molecule has 0 aliphatic heterocycles. The molecule has 78 valence electrons. The number of aryl methyl sites for hydroxylation is 1. The molecular formula is C11H12BrN3. The average Bonchev–Trinajstić information content (AvgIpc) is 2.47. The number of halogens is 1. The van der Waals surface area contributed by atoms with Crippen LogP contribution in [0.2, 0.25) is 0 Å². The molecule has 0 saturated carbocycles. The zero-order chi connectivity index (χ0) is 10.8. The van der Waals surface area contributed by atoms with Gasteiger partial charge in [0, 0.05) is 0 Å². The van der Waals surface area contributed by atoms with Crippen molar-refractivity contribution in [2.24, 2.45) is 0 Å². The van der Waals surface area contributed by atoms with Crippen molar-refractivity contribution >= 4 is 21.7 Å². The molecule has 0 unspecified atom stereocenters. The van der Waals surface area contributed by atoms with Gasteiger partial charge in [-0.15, -0.1) is 0 Å². The van der Waals surface area contributed by atoms with Crippen molar-refractivity contribution in [1.29, 1.82) is 0 Å². The highest BCUT2D eigenvalue weighted by atomic mass is 79.9. The van der Waals surface area contributed by atoms with Crippen LogP contribution in [0.25, 0.3) is 0 Å². The van der Waals surface area contributed by atoms with Crippen LogP contribution < -0.4 is 5.73 Å². The van der Waals surface area contributed by atoms with Gasteiger partial charge >= 0.3 is 0 Å². The number of anilines is 1. The lowest BCUT2D eigenvalue weighted by Crippen LogP contribution is -2.04. The Kier molecular flexibility index (Phi) is 2.77. The summed E-state index contributed by atoms with van der Waals surface area (Å²) in [6.07, 6.45) is 0. The summed E-state index contributed by atoms with van der Waals surface area (Å²) >= 11 is 3.40. The van der Waals surface area contributed by atoms with Crippen molar-refractivity contribution in [3.63, 3.8) is 0 Å². The van der Waals surface area contributed by atoms with E-state index in [0.717, 1.165) is 17.0 Å². The molecule has 0 spiro atoms. The molecule has 1 aromatic heterocycles. The van der Waals surface area contributed by atoms with Gasteiger partial charge in [-0.1, -0.05) is 30.3 Å².